The van der Waals surface area contributed by atoms with E-state index in [0.29, 0.717) is 0 Å². The van der Waals surface area contributed by atoms with Crippen molar-refractivity contribution in [2.75, 3.05) is 11.4 Å². The number of aromatic nitrogens is 1. The highest BCUT2D eigenvalue weighted by atomic mass is 79.9. The first kappa shape index (κ1) is 12.0. The fraction of sp³-hybridized carbons (Fsp3) is 0.364. The van der Waals surface area contributed by atoms with Crippen LogP contribution < -0.4 is 10.2 Å². The van der Waals surface area contributed by atoms with Gasteiger partial charge in [0.05, 0.1) is 18.4 Å². The highest BCUT2D eigenvalue weighted by Crippen LogP contribution is 2.27. The van der Waals surface area contributed by atoms with E-state index < -0.39 is 5.54 Å². The predicted octanol–water partition coefficient (Wildman–Crippen LogP) is 1.09. The average molecular weight is 298 g/mol. The molecule has 1 aliphatic rings. The van der Waals surface area contributed by atoms with Gasteiger partial charge in [0.2, 0.25) is 5.91 Å². The normalized spacial score (nSPS) is 19.1. The van der Waals surface area contributed by atoms with Crippen molar-refractivity contribution in [3.8, 4) is 0 Å². The summed E-state index contributed by atoms with van der Waals surface area (Å²) in [6, 6.07) is 1.83. The summed E-state index contributed by atoms with van der Waals surface area (Å²) in [5, 5.41) is 2.33. The van der Waals surface area contributed by atoms with Crippen molar-refractivity contribution in [2.24, 2.45) is 0 Å². The monoisotopic (exact) mass is 297 g/mol. The zero-order valence-corrected chi connectivity index (χ0v) is 11.1. The number of carbonyl (C=O) groups excluding carboxylic acids is 2. The summed E-state index contributed by atoms with van der Waals surface area (Å²) in [6.07, 6.45) is 3.29. The number of rotatable bonds is 1. The van der Waals surface area contributed by atoms with Crippen molar-refractivity contribution in [1.82, 2.24) is 10.3 Å². The summed E-state index contributed by atoms with van der Waals surface area (Å²) >= 11 is 3.32. The van der Waals surface area contributed by atoms with E-state index in [1.807, 2.05) is 6.07 Å². The minimum absolute atomic E-state index is 0.150. The summed E-state index contributed by atoms with van der Waals surface area (Å²) in [5.74, 6) is -0.594. The van der Waals surface area contributed by atoms with E-state index in [-0.39, 0.29) is 18.4 Å². The quantitative estimate of drug-likeness (QED) is 0.788. The molecule has 2 heterocycles. The first-order valence-corrected chi connectivity index (χ1v) is 5.93. The van der Waals surface area contributed by atoms with Crippen molar-refractivity contribution in [3.05, 3.63) is 22.9 Å². The highest BCUT2D eigenvalue weighted by molar-refractivity contribution is 9.10. The largest absolute Gasteiger partial charge is 0.347 e. The number of piperazine rings is 1. The maximum Gasteiger partial charge on any atom is 0.251 e. The topological polar surface area (TPSA) is 62.3 Å². The van der Waals surface area contributed by atoms with Crippen LogP contribution >= 0.6 is 15.9 Å². The maximum atomic E-state index is 11.8. The highest BCUT2D eigenvalue weighted by Gasteiger charge is 2.41. The molecule has 17 heavy (non-hydrogen) atoms. The number of pyridine rings is 1. The fourth-order valence-electron chi connectivity index (χ4n) is 1.75. The van der Waals surface area contributed by atoms with Crippen LogP contribution in [0.1, 0.15) is 13.8 Å². The van der Waals surface area contributed by atoms with E-state index in [1.165, 1.54) is 0 Å². The predicted molar refractivity (Wildman–Crippen MR) is 66.5 cm³/mol. The Morgan fingerprint density at radius 2 is 2.12 bits per heavy atom. The van der Waals surface area contributed by atoms with E-state index in [9.17, 15) is 9.59 Å². The second-order valence-electron chi connectivity index (χ2n) is 4.38. The molecule has 0 saturated carbocycles. The SMILES string of the molecule is CC1(C)C(=O)NC(=O)CN1c1cncc(Br)c1. The molecular formula is C11H12BrN3O2. The van der Waals surface area contributed by atoms with Crippen LogP contribution in [-0.2, 0) is 9.59 Å². The fourth-order valence-corrected chi connectivity index (χ4v) is 2.10. The van der Waals surface area contributed by atoms with Gasteiger partial charge in [-0.05, 0) is 35.8 Å². The molecule has 1 fully saturated rings. The van der Waals surface area contributed by atoms with Gasteiger partial charge in [-0.1, -0.05) is 0 Å². The Morgan fingerprint density at radius 1 is 1.41 bits per heavy atom. The van der Waals surface area contributed by atoms with Crippen molar-refractivity contribution in [3.63, 3.8) is 0 Å². The summed E-state index contributed by atoms with van der Waals surface area (Å²) in [4.78, 5) is 29.0. The second-order valence-corrected chi connectivity index (χ2v) is 5.30. The standard InChI is InChI=1S/C11H12BrN3O2/c1-11(2)10(17)14-9(16)6-15(11)8-3-7(12)4-13-5-8/h3-5H,6H2,1-2H3,(H,14,16,17). The molecule has 0 atom stereocenters. The molecular weight excluding hydrogens is 286 g/mol. The molecule has 1 aliphatic heterocycles. The zero-order valence-electron chi connectivity index (χ0n) is 9.53. The number of hydrogen-bond acceptors (Lipinski definition) is 4. The molecule has 6 heteroatoms. The molecule has 0 unspecified atom stereocenters. The van der Waals surface area contributed by atoms with Gasteiger partial charge in [0.15, 0.2) is 0 Å². The molecule has 5 nitrogen and oxygen atoms in total. The molecule has 0 radical (unpaired) electrons. The number of nitrogens with zero attached hydrogens (tertiary/aromatic N) is 2. The molecule has 0 bridgehead atoms. The van der Waals surface area contributed by atoms with Crippen molar-refractivity contribution < 1.29 is 9.59 Å². The van der Waals surface area contributed by atoms with Gasteiger partial charge < -0.3 is 4.90 Å². The Kier molecular flexibility index (Phi) is 2.91. The van der Waals surface area contributed by atoms with Gasteiger partial charge in [0.25, 0.3) is 5.91 Å². The van der Waals surface area contributed by atoms with Gasteiger partial charge >= 0.3 is 0 Å². The first-order valence-electron chi connectivity index (χ1n) is 5.14. The Bertz CT molecular complexity index is 487. The molecule has 1 aromatic heterocycles. The summed E-state index contributed by atoms with van der Waals surface area (Å²) < 4.78 is 0.809. The molecule has 0 aliphatic carbocycles. The lowest BCUT2D eigenvalue weighted by Gasteiger charge is -2.41. The lowest BCUT2D eigenvalue weighted by molar-refractivity contribution is -0.135. The van der Waals surface area contributed by atoms with Gasteiger partial charge in [0, 0.05) is 10.7 Å². The van der Waals surface area contributed by atoms with Crippen LogP contribution in [0.25, 0.3) is 0 Å². The third-order valence-electron chi connectivity index (χ3n) is 2.79. The zero-order chi connectivity index (χ0) is 12.6. The molecule has 2 rings (SSSR count). The molecule has 2 amide bonds. The van der Waals surface area contributed by atoms with Crippen molar-refractivity contribution in [2.45, 2.75) is 19.4 Å². The van der Waals surface area contributed by atoms with E-state index >= 15 is 0 Å². The molecule has 0 aromatic carbocycles. The van der Waals surface area contributed by atoms with Crippen LogP contribution in [0.4, 0.5) is 5.69 Å². The number of imide groups is 1. The average Bonchev–Trinajstić information content (AvgIpc) is 2.24. The smallest absolute Gasteiger partial charge is 0.251 e. The van der Waals surface area contributed by atoms with E-state index in [0.717, 1.165) is 10.2 Å². The number of amides is 2. The van der Waals surface area contributed by atoms with E-state index in [1.54, 1.807) is 31.1 Å². The van der Waals surface area contributed by atoms with Gasteiger partial charge in [-0.3, -0.25) is 19.9 Å². The molecule has 1 N–H and O–H groups in total. The van der Waals surface area contributed by atoms with E-state index in [2.05, 4.69) is 26.2 Å². The summed E-state index contributed by atoms with van der Waals surface area (Å²) in [7, 11) is 0. The summed E-state index contributed by atoms with van der Waals surface area (Å²) in [6.45, 7) is 3.70. The van der Waals surface area contributed by atoms with Crippen LogP contribution in [0.15, 0.2) is 22.9 Å². The van der Waals surface area contributed by atoms with Gasteiger partial charge in [-0.2, -0.15) is 0 Å². The number of anilines is 1. The molecule has 1 saturated heterocycles. The Morgan fingerprint density at radius 3 is 2.76 bits per heavy atom. The minimum atomic E-state index is -0.767. The number of halogens is 1. The minimum Gasteiger partial charge on any atom is -0.347 e. The van der Waals surface area contributed by atoms with Crippen LogP contribution in [0, 0.1) is 0 Å². The molecule has 1 aromatic rings. The summed E-state index contributed by atoms with van der Waals surface area (Å²) in [5.41, 5.74) is -0.0244. The maximum absolute atomic E-state index is 11.8. The number of hydrogen-bond donors (Lipinski definition) is 1. The second kappa shape index (κ2) is 4.10. The van der Waals surface area contributed by atoms with E-state index in [4.69, 9.17) is 0 Å². The van der Waals surface area contributed by atoms with Crippen molar-refractivity contribution >= 4 is 33.4 Å². The van der Waals surface area contributed by atoms with Gasteiger partial charge in [-0.15, -0.1) is 0 Å². The van der Waals surface area contributed by atoms with Gasteiger partial charge in [0.1, 0.15) is 5.54 Å². The lowest BCUT2D eigenvalue weighted by atomic mass is 9.98. The first-order chi connectivity index (χ1) is 7.91. The molecule has 0 spiro atoms. The lowest BCUT2D eigenvalue weighted by Crippen LogP contribution is -2.64. The van der Waals surface area contributed by atoms with Crippen LogP contribution in [0.2, 0.25) is 0 Å². The third-order valence-corrected chi connectivity index (χ3v) is 3.22. The Balaban J connectivity index is 2.42. The molecule has 90 valence electrons. The van der Waals surface area contributed by atoms with Gasteiger partial charge in [-0.25, -0.2) is 0 Å². The van der Waals surface area contributed by atoms with Crippen LogP contribution in [0.5, 0.6) is 0 Å². The van der Waals surface area contributed by atoms with Crippen LogP contribution in [0.3, 0.4) is 0 Å². The number of nitrogens with one attached hydrogen (secondary N) is 1. The van der Waals surface area contributed by atoms with Crippen molar-refractivity contribution in [1.29, 1.82) is 0 Å². The Labute approximate surface area is 107 Å². The third kappa shape index (κ3) is 2.17. The van der Waals surface area contributed by atoms with Crippen LogP contribution in [-0.4, -0.2) is 28.9 Å². The Hall–Kier alpha value is -1.43. The number of carbonyl (C=O) groups is 2.